The Bertz CT molecular complexity index is 379. The molecule has 2 nitrogen and oxygen atoms in total. The third-order valence-electron chi connectivity index (χ3n) is 3.13. The Hall–Kier alpha value is -1.02. The fraction of sp³-hybridized carbons (Fsp3) is 0.625. The third-order valence-corrected chi connectivity index (χ3v) is 3.13. The van der Waals surface area contributed by atoms with E-state index in [1.54, 1.807) is 0 Å². The van der Waals surface area contributed by atoms with Crippen LogP contribution in [0.25, 0.3) is 0 Å². The average molecular weight is 249 g/mol. The summed E-state index contributed by atoms with van der Waals surface area (Å²) in [5.41, 5.74) is 2.64. The number of likely N-dealkylation sites (N-methyl/N-ethyl adjacent to an activating group) is 1. The van der Waals surface area contributed by atoms with Crippen molar-refractivity contribution in [2.75, 3.05) is 13.6 Å². The van der Waals surface area contributed by atoms with Crippen LogP contribution in [-0.2, 0) is 5.41 Å². The third kappa shape index (κ3) is 4.02. The molecule has 1 aromatic rings. The normalized spacial score (nSPS) is 13.4. The van der Waals surface area contributed by atoms with Crippen molar-refractivity contribution in [2.24, 2.45) is 0 Å². The van der Waals surface area contributed by atoms with E-state index >= 15 is 0 Å². The highest BCUT2D eigenvalue weighted by Crippen LogP contribution is 2.32. The van der Waals surface area contributed by atoms with Crippen molar-refractivity contribution in [1.82, 2.24) is 5.32 Å². The molecule has 1 unspecified atom stereocenters. The number of nitrogens with one attached hydrogen (secondary N) is 1. The quantitative estimate of drug-likeness (QED) is 0.859. The Labute approximate surface area is 112 Å². The van der Waals surface area contributed by atoms with Crippen LogP contribution in [0.5, 0.6) is 5.75 Å². The second-order valence-corrected chi connectivity index (χ2v) is 5.96. The van der Waals surface area contributed by atoms with E-state index in [9.17, 15) is 0 Å². The maximum Gasteiger partial charge on any atom is 0.123 e. The smallest absolute Gasteiger partial charge is 0.123 e. The van der Waals surface area contributed by atoms with Gasteiger partial charge in [-0.05, 0) is 43.0 Å². The molecule has 1 atom stereocenters. The molecule has 0 saturated carbocycles. The Kier molecular flexibility index (Phi) is 5.21. The summed E-state index contributed by atoms with van der Waals surface area (Å²) in [4.78, 5) is 0. The van der Waals surface area contributed by atoms with Crippen LogP contribution in [0.1, 0.15) is 45.2 Å². The molecule has 1 aromatic carbocycles. The maximum atomic E-state index is 6.18. The lowest BCUT2D eigenvalue weighted by Gasteiger charge is -2.26. The van der Waals surface area contributed by atoms with Gasteiger partial charge in [-0.25, -0.2) is 0 Å². The van der Waals surface area contributed by atoms with Crippen LogP contribution < -0.4 is 10.1 Å². The lowest BCUT2D eigenvalue weighted by Crippen LogP contribution is -2.29. The molecule has 0 amide bonds. The Balaban J connectivity index is 3.02. The van der Waals surface area contributed by atoms with Gasteiger partial charge in [0.25, 0.3) is 0 Å². The Morgan fingerprint density at radius 1 is 1.28 bits per heavy atom. The molecular weight excluding hydrogens is 222 g/mol. The van der Waals surface area contributed by atoms with Gasteiger partial charge in [0.15, 0.2) is 0 Å². The first-order valence-corrected chi connectivity index (χ1v) is 6.81. The monoisotopic (exact) mass is 249 g/mol. The predicted molar refractivity (Wildman–Crippen MR) is 78.5 cm³/mol. The van der Waals surface area contributed by atoms with Gasteiger partial charge in [-0.1, -0.05) is 39.8 Å². The van der Waals surface area contributed by atoms with E-state index in [4.69, 9.17) is 4.74 Å². The van der Waals surface area contributed by atoms with Gasteiger partial charge in [-0.2, -0.15) is 0 Å². The summed E-state index contributed by atoms with van der Waals surface area (Å²) >= 11 is 0. The molecule has 1 rings (SSSR count). The Morgan fingerprint density at radius 2 is 1.94 bits per heavy atom. The first-order valence-electron chi connectivity index (χ1n) is 6.81. The number of aryl methyl sites for hydroxylation is 1. The maximum absolute atomic E-state index is 6.18. The number of ether oxygens (including phenoxy) is 1. The fourth-order valence-corrected chi connectivity index (χ4v) is 2.02. The minimum atomic E-state index is 0.112. The molecule has 18 heavy (non-hydrogen) atoms. The molecule has 0 aromatic heterocycles. The molecule has 0 radical (unpaired) electrons. The average Bonchev–Trinajstić information content (AvgIpc) is 2.26. The molecule has 0 heterocycles. The number of hydrogen-bond donors (Lipinski definition) is 1. The van der Waals surface area contributed by atoms with Crippen LogP contribution in [0.3, 0.4) is 0 Å². The van der Waals surface area contributed by atoms with Crippen molar-refractivity contribution >= 4 is 0 Å². The summed E-state index contributed by atoms with van der Waals surface area (Å²) in [6.07, 6.45) is 1.25. The van der Waals surface area contributed by atoms with E-state index in [0.717, 1.165) is 18.7 Å². The zero-order chi connectivity index (χ0) is 13.8. The highest BCUT2D eigenvalue weighted by atomic mass is 16.5. The van der Waals surface area contributed by atoms with E-state index < -0.39 is 0 Å². The first-order chi connectivity index (χ1) is 8.38. The second kappa shape index (κ2) is 6.24. The number of benzene rings is 1. The summed E-state index contributed by atoms with van der Waals surface area (Å²) in [7, 11) is 1.97. The van der Waals surface area contributed by atoms with Crippen molar-refractivity contribution in [3.63, 3.8) is 0 Å². The molecule has 0 saturated heterocycles. The molecule has 0 aliphatic heterocycles. The predicted octanol–water partition coefficient (Wildman–Crippen LogP) is 3.67. The van der Waals surface area contributed by atoms with Crippen LogP contribution in [0.15, 0.2) is 18.2 Å². The lowest BCUT2D eigenvalue weighted by atomic mass is 9.86. The van der Waals surface area contributed by atoms with Crippen molar-refractivity contribution < 1.29 is 4.74 Å². The lowest BCUT2D eigenvalue weighted by molar-refractivity contribution is 0.192. The molecule has 0 aliphatic rings. The van der Waals surface area contributed by atoms with Crippen molar-refractivity contribution in [3.05, 3.63) is 29.3 Å². The van der Waals surface area contributed by atoms with Crippen LogP contribution in [0, 0.1) is 6.92 Å². The largest absolute Gasteiger partial charge is 0.489 e. The molecule has 0 fully saturated rings. The van der Waals surface area contributed by atoms with Gasteiger partial charge in [0, 0.05) is 6.54 Å². The van der Waals surface area contributed by atoms with Gasteiger partial charge >= 0.3 is 0 Å². The van der Waals surface area contributed by atoms with Gasteiger partial charge in [-0.15, -0.1) is 0 Å². The van der Waals surface area contributed by atoms with Gasteiger partial charge in [0.05, 0.1) is 0 Å². The van der Waals surface area contributed by atoms with Crippen molar-refractivity contribution in [1.29, 1.82) is 0 Å². The summed E-state index contributed by atoms with van der Waals surface area (Å²) in [5, 5.41) is 3.19. The van der Waals surface area contributed by atoms with Crippen LogP contribution in [-0.4, -0.2) is 19.7 Å². The standard InChI is InChI=1S/C16H27NO/c1-7-13(11-17-6)18-15-10-12(2)8-9-14(15)16(3,4)5/h8-10,13,17H,7,11H2,1-6H3. The van der Waals surface area contributed by atoms with E-state index in [-0.39, 0.29) is 11.5 Å². The van der Waals surface area contributed by atoms with E-state index in [0.29, 0.717) is 0 Å². The fourth-order valence-electron chi connectivity index (χ4n) is 2.02. The topological polar surface area (TPSA) is 21.3 Å². The van der Waals surface area contributed by atoms with E-state index in [1.165, 1.54) is 11.1 Å². The Morgan fingerprint density at radius 3 is 2.44 bits per heavy atom. The number of hydrogen-bond acceptors (Lipinski definition) is 2. The van der Waals surface area contributed by atoms with Crippen LogP contribution in [0.4, 0.5) is 0 Å². The van der Waals surface area contributed by atoms with E-state index in [2.05, 4.69) is 58.1 Å². The zero-order valence-electron chi connectivity index (χ0n) is 12.6. The summed E-state index contributed by atoms with van der Waals surface area (Å²) in [5.74, 6) is 1.03. The van der Waals surface area contributed by atoms with Crippen molar-refractivity contribution in [2.45, 2.75) is 52.6 Å². The summed E-state index contributed by atoms with van der Waals surface area (Å²) in [6, 6.07) is 6.50. The highest BCUT2D eigenvalue weighted by molar-refractivity contribution is 5.41. The van der Waals surface area contributed by atoms with Crippen molar-refractivity contribution in [3.8, 4) is 5.75 Å². The van der Waals surface area contributed by atoms with Gasteiger partial charge in [-0.3, -0.25) is 0 Å². The second-order valence-electron chi connectivity index (χ2n) is 5.96. The number of rotatable bonds is 5. The molecule has 0 spiro atoms. The molecule has 102 valence electrons. The summed E-state index contributed by atoms with van der Waals surface area (Å²) in [6.45, 7) is 11.8. The molecule has 0 bridgehead atoms. The minimum Gasteiger partial charge on any atom is -0.489 e. The van der Waals surface area contributed by atoms with Gasteiger partial charge in [0.2, 0.25) is 0 Å². The molecule has 0 aliphatic carbocycles. The zero-order valence-corrected chi connectivity index (χ0v) is 12.6. The van der Waals surface area contributed by atoms with Crippen LogP contribution in [0.2, 0.25) is 0 Å². The van der Waals surface area contributed by atoms with Gasteiger partial charge in [0.1, 0.15) is 11.9 Å². The first kappa shape index (κ1) is 15.0. The summed E-state index contributed by atoms with van der Waals surface area (Å²) < 4.78 is 6.18. The molecule has 1 N–H and O–H groups in total. The van der Waals surface area contributed by atoms with Gasteiger partial charge < -0.3 is 10.1 Å². The molecule has 2 heteroatoms. The molecular formula is C16H27NO. The van der Waals surface area contributed by atoms with Crippen LogP contribution >= 0.6 is 0 Å². The minimum absolute atomic E-state index is 0.112. The highest BCUT2D eigenvalue weighted by Gasteiger charge is 2.20. The van der Waals surface area contributed by atoms with E-state index in [1.807, 2.05) is 7.05 Å². The SMILES string of the molecule is CCC(CNC)Oc1cc(C)ccc1C(C)(C)C.